The molecule has 0 saturated heterocycles. The summed E-state index contributed by atoms with van der Waals surface area (Å²) in [6.07, 6.45) is 6.51. The molecule has 8 nitrogen and oxygen atoms in total. The second kappa shape index (κ2) is 10.2. The molecule has 1 aromatic carbocycles. The molecule has 0 aliphatic heterocycles. The zero-order chi connectivity index (χ0) is 21.3. The van der Waals surface area contributed by atoms with Gasteiger partial charge in [0.25, 0.3) is 5.91 Å². The topological polar surface area (TPSA) is 116 Å². The van der Waals surface area contributed by atoms with Crippen molar-refractivity contribution in [2.75, 3.05) is 13.7 Å². The molecule has 3 rings (SSSR count). The number of amides is 2. The quantitative estimate of drug-likeness (QED) is 0.510. The Bertz CT molecular complexity index is 1050. The second-order valence-corrected chi connectivity index (χ2v) is 7.02. The van der Waals surface area contributed by atoms with Crippen molar-refractivity contribution >= 4 is 29.2 Å². The summed E-state index contributed by atoms with van der Waals surface area (Å²) in [5.74, 6) is 0.00594. The number of primary amides is 1. The van der Waals surface area contributed by atoms with Crippen LogP contribution in [0.4, 0.5) is 0 Å². The van der Waals surface area contributed by atoms with Crippen molar-refractivity contribution < 1.29 is 19.1 Å². The third-order valence-corrected chi connectivity index (χ3v) is 4.78. The molecule has 0 aliphatic rings. The summed E-state index contributed by atoms with van der Waals surface area (Å²) in [7, 11) is 1.49. The van der Waals surface area contributed by atoms with Gasteiger partial charge >= 0.3 is 0 Å². The number of nitrogens with one attached hydrogen (secondary N) is 1. The average molecular weight is 424 g/mol. The molecule has 3 aromatic rings. The molecule has 0 saturated carbocycles. The largest absolute Gasteiger partial charge is 0.493 e. The zero-order valence-electron chi connectivity index (χ0n) is 16.2. The summed E-state index contributed by atoms with van der Waals surface area (Å²) in [5, 5.41) is 5.56. The number of hydrogen-bond acceptors (Lipinski definition) is 7. The predicted molar refractivity (Wildman–Crippen MR) is 114 cm³/mol. The summed E-state index contributed by atoms with van der Waals surface area (Å²) in [4.78, 5) is 31.5. The van der Waals surface area contributed by atoms with Crippen LogP contribution in [0.3, 0.4) is 0 Å². The maximum atomic E-state index is 12.1. The van der Waals surface area contributed by atoms with Crippen molar-refractivity contribution in [1.82, 2.24) is 15.3 Å². The van der Waals surface area contributed by atoms with E-state index in [-0.39, 0.29) is 12.5 Å². The van der Waals surface area contributed by atoms with Crippen molar-refractivity contribution in [2.24, 2.45) is 5.73 Å². The number of nitrogens with zero attached hydrogens (tertiary/aromatic N) is 2. The fourth-order valence-corrected chi connectivity index (χ4v) is 3.24. The monoisotopic (exact) mass is 424 g/mol. The standard InChI is InChI=1S/C21H20N4O4S/c1-28-18-10-14(2-4-17(18)29-12-19(22)26)3-5-20(27)24-11-21-25-16(13-30-21)15-6-8-23-9-7-15/h2-10,13H,11-12H2,1H3,(H2,22,26)(H,24,27)/b5-3+. The number of hydrogen-bond donors (Lipinski definition) is 2. The lowest BCUT2D eigenvalue weighted by Crippen LogP contribution is -2.20. The Morgan fingerprint density at radius 2 is 2.00 bits per heavy atom. The molecular formula is C21H20N4O4S. The van der Waals surface area contributed by atoms with Crippen LogP contribution in [0.2, 0.25) is 0 Å². The minimum Gasteiger partial charge on any atom is -0.493 e. The van der Waals surface area contributed by atoms with Gasteiger partial charge in [-0.3, -0.25) is 14.6 Å². The molecule has 2 aromatic heterocycles. The minimum absolute atomic E-state index is 0.242. The van der Waals surface area contributed by atoms with Crippen LogP contribution < -0.4 is 20.5 Å². The van der Waals surface area contributed by atoms with Gasteiger partial charge in [0, 0.05) is 29.4 Å². The number of carbonyl (C=O) groups is 2. The molecule has 2 heterocycles. The van der Waals surface area contributed by atoms with Gasteiger partial charge in [-0.1, -0.05) is 6.07 Å². The van der Waals surface area contributed by atoms with Crippen molar-refractivity contribution in [1.29, 1.82) is 0 Å². The number of pyridine rings is 1. The first-order chi connectivity index (χ1) is 14.5. The van der Waals surface area contributed by atoms with Crippen molar-refractivity contribution in [3.63, 3.8) is 0 Å². The Kier molecular flexibility index (Phi) is 7.12. The Hall–Kier alpha value is -3.72. The van der Waals surface area contributed by atoms with E-state index >= 15 is 0 Å². The van der Waals surface area contributed by atoms with E-state index in [0.29, 0.717) is 18.0 Å². The Morgan fingerprint density at radius 3 is 2.73 bits per heavy atom. The van der Waals surface area contributed by atoms with Crippen LogP contribution in [0.15, 0.2) is 54.2 Å². The number of aromatic nitrogens is 2. The first-order valence-corrected chi connectivity index (χ1v) is 9.83. The van der Waals surface area contributed by atoms with Gasteiger partial charge in [0.2, 0.25) is 5.91 Å². The van der Waals surface area contributed by atoms with Crippen LogP contribution in [0.25, 0.3) is 17.3 Å². The highest BCUT2D eigenvalue weighted by Gasteiger charge is 2.07. The SMILES string of the molecule is COc1cc(/C=C/C(=O)NCc2nc(-c3ccncc3)cs2)ccc1OCC(N)=O. The van der Waals surface area contributed by atoms with Crippen molar-refractivity contribution in [3.8, 4) is 22.8 Å². The van der Waals surface area contributed by atoms with E-state index < -0.39 is 5.91 Å². The van der Waals surface area contributed by atoms with Crippen LogP contribution in [0, 0.1) is 0 Å². The van der Waals surface area contributed by atoms with E-state index in [2.05, 4.69) is 15.3 Å². The van der Waals surface area contributed by atoms with E-state index in [9.17, 15) is 9.59 Å². The first-order valence-electron chi connectivity index (χ1n) is 8.95. The van der Waals surface area contributed by atoms with E-state index in [0.717, 1.165) is 21.8 Å². The number of methoxy groups -OCH3 is 1. The molecule has 0 bridgehead atoms. The van der Waals surface area contributed by atoms with E-state index in [1.807, 2.05) is 17.5 Å². The summed E-state index contributed by atoms with van der Waals surface area (Å²) < 4.78 is 10.5. The fourth-order valence-electron chi connectivity index (χ4n) is 2.50. The molecule has 0 atom stereocenters. The summed E-state index contributed by atoms with van der Waals surface area (Å²) >= 11 is 1.48. The average Bonchev–Trinajstić information content (AvgIpc) is 3.24. The van der Waals surface area contributed by atoms with Gasteiger partial charge < -0.3 is 20.5 Å². The number of nitrogens with two attached hydrogens (primary N) is 1. The van der Waals surface area contributed by atoms with Gasteiger partial charge in [-0.05, 0) is 35.9 Å². The summed E-state index contributed by atoms with van der Waals surface area (Å²) in [5.41, 5.74) is 7.65. The smallest absolute Gasteiger partial charge is 0.255 e. The molecule has 0 aliphatic carbocycles. The molecule has 9 heteroatoms. The third kappa shape index (κ3) is 5.89. The lowest BCUT2D eigenvalue weighted by molar-refractivity contribution is -0.120. The molecule has 0 fully saturated rings. The summed E-state index contributed by atoms with van der Waals surface area (Å²) in [6.45, 7) is 0.0930. The van der Waals surface area contributed by atoms with Crippen LogP contribution in [0.1, 0.15) is 10.6 Å². The Morgan fingerprint density at radius 1 is 1.20 bits per heavy atom. The summed E-state index contributed by atoms with van der Waals surface area (Å²) in [6, 6.07) is 8.86. The highest BCUT2D eigenvalue weighted by molar-refractivity contribution is 7.09. The lowest BCUT2D eigenvalue weighted by atomic mass is 10.2. The highest BCUT2D eigenvalue weighted by Crippen LogP contribution is 2.28. The van der Waals surface area contributed by atoms with E-state index in [1.165, 1.54) is 24.5 Å². The number of thiazole rings is 1. The van der Waals surface area contributed by atoms with Gasteiger partial charge in [0.15, 0.2) is 18.1 Å². The van der Waals surface area contributed by atoms with Gasteiger partial charge in [-0.15, -0.1) is 11.3 Å². The van der Waals surface area contributed by atoms with Gasteiger partial charge in [0.05, 0.1) is 19.3 Å². The van der Waals surface area contributed by atoms with Gasteiger partial charge in [-0.25, -0.2) is 4.98 Å². The first kappa shape index (κ1) is 21.0. The van der Waals surface area contributed by atoms with E-state index in [4.69, 9.17) is 15.2 Å². The maximum absolute atomic E-state index is 12.1. The van der Waals surface area contributed by atoms with Crippen LogP contribution in [-0.4, -0.2) is 35.5 Å². The number of ether oxygens (including phenoxy) is 2. The second-order valence-electron chi connectivity index (χ2n) is 6.08. The molecule has 0 spiro atoms. The zero-order valence-corrected chi connectivity index (χ0v) is 17.0. The fraction of sp³-hybridized carbons (Fsp3) is 0.143. The van der Waals surface area contributed by atoms with E-state index in [1.54, 1.807) is 36.7 Å². The van der Waals surface area contributed by atoms with Crippen molar-refractivity contribution in [3.05, 3.63) is 64.8 Å². The molecule has 0 unspecified atom stereocenters. The number of rotatable bonds is 9. The molecule has 3 N–H and O–H groups in total. The van der Waals surface area contributed by atoms with Crippen LogP contribution in [-0.2, 0) is 16.1 Å². The predicted octanol–water partition coefficient (Wildman–Crippen LogP) is 2.41. The normalized spacial score (nSPS) is 10.7. The Balaban J connectivity index is 1.56. The molecule has 154 valence electrons. The Labute approximate surface area is 177 Å². The molecule has 30 heavy (non-hydrogen) atoms. The van der Waals surface area contributed by atoms with Gasteiger partial charge in [-0.2, -0.15) is 0 Å². The maximum Gasteiger partial charge on any atom is 0.255 e. The molecule has 0 radical (unpaired) electrons. The van der Waals surface area contributed by atoms with Crippen LogP contribution in [0.5, 0.6) is 11.5 Å². The lowest BCUT2D eigenvalue weighted by Gasteiger charge is -2.09. The van der Waals surface area contributed by atoms with Gasteiger partial charge in [0.1, 0.15) is 5.01 Å². The van der Waals surface area contributed by atoms with Crippen LogP contribution >= 0.6 is 11.3 Å². The molecule has 2 amide bonds. The number of carbonyl (C=O) groups excluding carboxylic acids is 2. The number of benzene rings is 1. The molecular weight excluding hydrogens is 404 g/mol. The highest BCUT2D eigenvalue weighted by atomic mass is 32.1. The minimum atomic E-state index is -0.578. The third-order valence-electron chi connectivity index (χ3n) is 3.93. The van der Waals surface area contributed by atoms with Crippen molar-refractivity contribution in [2.45, 2.75) is 6.54 Å².